The molecular formula is C18H20FN3O2. The van der Waals surface area contributed by atoms with Crippen molar-refractivity contribution in [3.05, 3.63) is 42.0 Å². The van der Waals surface area contributed by atoms with Crippen LogP contribution in [0, 0.1) is 5.82 Å². The zero-order chi connectivity index (χ0) is 17.3. The second-order valence-electron chi connectivity index (χ2n) is 6.34. The first kappa shape index (κ1) is 16.4. The molecule has 0 spiro atoms. The first-order chi connectivity index (χ1) is 11.4. The summed E-state index contributed by atoms with van der Waals surface area (Å²) in [6.45, 7) is 2.18. The van der Waals surface area contributed by atoms with Crippen LogP contribution in [0.2, 0.25) is 0 Å². The zero-order valence-corrected chi connectivity index (χ0v) is 14.0. The van der Waals surface area contributed by atoms with E-state index in [4.69, 9.17) is 4.74 Å². The van der Waals surface area contributed by atoms with Crippen LogP contribution >= 0.6 is 0 Å². The maximum absolute atomic E-state index is 13.3. The standard InChI is InChI=1S/C18H20FN3O2/c1-18(9-4-10-18)22(2)16-15(12-5-7-13(19)8-6-12)21-14(11-20-16)17(23)24-3/h5-8,11H,4,9-10H2,1-3H3. The lowest BCUT2D eigenvalue weighted by Gasteiger charge is -2.47. The molecule has 0 N–H and O–H groups in total. The lowest BCUT2D eigenvalue weighted by atomic mass is 9.77. The van der Waals surface area contributed by atoms with E-state index in [0.29, 0.717) is 17.1 Å². The van der Waals surface area contributed by atoms with Gasteiger partial charge in [-0.3, -0.25) is 0 Å². The number of rotatable bonds is 4. The Balaban J connectivity index is 2.10. The number of esters is 1. The predicted molar refractivity (Wildman–Crippen MR) is 89.4 cm³/mol. The first-order valence-electron chi connectivity index (χ1n) is 7.90. The minimum absolute atomic E-state index is 0.0240. The highest BCUT2D eigenvalue weighted by Gasteiger charge is 2.37. The Morgan fingerprint density at radius 2 is 1.96 bits per heavy atom. The molecule has 0 radical (unpaired) electrons. The van der Waals surface area contributed by atoms with Crippen LogP contribution in [0.1, 0.15) is 36.7 Å². The van der Waals surface area contributed by atoms with Gasteiger partial charge in [-0.25, -0.2) is 19.2 Å². The lowest BCUT2D eigenvalue weighted by Crippen LogP contribution is -2.50. The molecule has 5 nitrogen and oxygen atoms in total. The average Bonchev–Trinajstić information content (AvgIpc) is 2.58. The highest BCUT2D eigenvalue weighted by atomic mass is 19.1. The van der Waals surface area contributed by atoms with Crippen molar-refractivity contribution in [1.82, 2.24) is 9.97 Å². The van der Waals surface area contributed by atoms with Gasteiger partial charge >= 0.3 is 5.97 Å². The van der Waals surface area contributed by atoms with E-state index in [0.717, 1.165) is 12.8 Å². The molecule has 0 unspecified atom stereocenters. The summed E-state index contributed by atoms with van der Waals surface area (Å²) in [5.41, 5.74) is 1.41. The van der Waals surface area contributed by atoms with Crippen molar-refractivity contribution in [3.63, 3.8) is 0 Å². The van der Waals surface area contributed by atoms with Gasteiger partial charge in [0.25, 0.3) is 0 Å². The second-order valence-corrected chi connectivity index (χ2v) is 6.34. The maximum Gasteiger partial charge on any atom is 0.358 e. The van der Waals surface area contributed by atoms with Crippen LogP contribution in [0.25, 0.3) is 11.3 Å². The van der Waals surface area contributed by atoms with Crippen LogP contribution < -0.4 is 4.90 Å². The fraction of sp³-hybridized carbons (Fsp3) is 0.389. The van der Waals surface area contributed by atoms with Gasteiger partial charge in [0, 0.05) is 18.2 Å². The van der Waals surface area contributed by atoms with Crippen molar-refractivity contribution in [1.29, 1.82) is 0 Å². The summed E-state index contributed by atoms with van der Waals surface area (Å²) in [5, 5.41) is 0. The van der Waals surface area contributed by atoms with Gasteiger partial charge in [0.15, 0.2) is 11.5 Å². The molecule has 0 atom stereocenters. The Morgan fingerprint density at radius 1 is 1.29 bits per heavy atom. The fourth-order valence-corrected chi connectivity index (χ4v) is 2.91. The molecule has 0 saturated heterocycles. The van der Waals surface area contributed by atoms with Crippen LogP contribution in [0.4, 0.5) is 10.2 Å². The number of carbonyl (C=O) groups is 1. The van der Waals surface area contributed by atoms with E-state index in [-0.39, 0.29) is 17.1 Å². The number of ether oxygens (including phenoxy) is 1. The minimum Gasteiger partial charge on any atom is -0.464 e. The molecule has 126 valence electrons. The molecule has 6 heteroatoms. The van der Waals surface area contributed by atoms with Crippen molar-refractivity contribution in [3.8, 4) is 11.3 Å². The van der Waals surface area contributed by atoms with E-state index in [1.807, 2.05) is 7.05 Å². The summed E-state index contributed by atoms with van der Waals surface area (Å²) in [6.07, 6.45) is 4.76. The normalized spacial score (nSPS) is 15.5. The quantitative estimate of drug-likeness (QED) is 0.804. The number of anilines is 1. The smallest absolute Gasteiger partial charge is 0.358 e. The van der Waals surface area contributed by atoms with Crippen LogP contribution in [-0.2, 0) is 4.74 Å². The number of benzene rings is 1. The predicted octanol–water partition coefficient (Wildman–Crippen LogP) is 3.45. The number of methoxy groups -OCH3 is 1. The second kappa shape index (κ2) is 6.19. The molecule has 1 saturated carbocycles. The summed E-state index contributed by atoms with van der Waals surface area (Å²) >= 11 is 0. The molecular weight excluding hydrogens is 309 g/mol. The monoisotopic (exact) mass is 329 g/mol. The van der Waals surface area contributed by atoms with Crippen molar-refractivity contribution in [2.45, 2.75) is 31.7 Å². The minimum atomic E-state index is -0.546. The molecule has 0 aliphatic heterocycles. The van der Waals surface area contributed by atoms with Gasteiger partial charge in [-0.1, -0.05) is 0 Å². The Bertz CT molecular complexity index is 757. The van der Waals surface area contributed by atoms with E-state index in [9.17, 15) is 9.18 Å². The molecule has 0 bridgehead atoms. The molecule has 1 aromatic carbocycles. The van der Waals surface area contributed by atoms with Gasteiger partial charge in [0.2, 0.25) is 0 Å². The molecule has 1 fully saturated rings. The van der Waals surface area contributed by atoms with Gasteiger partial charge < -0.3 is 9.64 Å². The van der Waals surface area contributed by atoms with Crippen molar-refractivity contribution in [2.75, 3.05) is 19.1 Å². The van der Waals surface area contributed by atoms with E-state index in [1.165, 1.54) is 31.9 Å². The topological polar surface area (TPSA) is 55.3 Å². The number of carbonyl (C=O) groups excluding carboxylic acids is 1. The molecule has 3 rings (SSSR count). The van der Waals surface area contributed by atoms with Crippen LogP contribution in [0.5, 0.6) is 0 Å². The van der Waals surface area contributed by atoms with E-state index < -0.39 is 5.97 Å². The lowest BCUT2D eigenvalue weighted by molar-refractivity contribution is 0.0593. The molecule has 1 heterocycles. The largest absolute Gasteiger partial charge is 0.464 e. The van der Waals surface area contributed by atoms with Crippen molar-refractivity contribution < 1.29 is 13.9 Å². The Labute approximate surface area is 140 Å². The van der Waals surface area contributed by atoms with Crippen molar-refractivity contribution >= 4 is 11.8 Å². The number of hydrogen-bond donors (Lipinski definition) is 0. The van der Waals surface area contributed by atoms with E-state index >= 15 is 0 Å². The number of hydrogen-bond acceptors (Lipinski definition) is 5. The summed E-state index contributed by atoms with van der Waals surface area (Å²) < 4.78 is 18.0. The third kappa shape index (κ3) is 2.84. The highest BCUT2D eigenvalue weighted by molar-refractivity contribution is 5.88. The molecule has 24 heavy (non-hydrogen) atoms. The van der Waals surface area contributed by atoms with Crippen LogP contribution in [0.15, 0.2) is 30.5 Å². The maximum atomic E-state index is 13.3. The van der Waals surface area contributed by atoms with E-state index in [2.05, 4.69) is 21.8 Å². The molecule has 1 aromatic heterocycles. The number of nitrogens with zero attached hydrogens (tertiary/aromatic N) is 3. The molecule has 2 aromatic rings. The molecule has 1 aliphatic rings. The van der Waals surface area contributed by atoms with Gasteiger partial charge in [-0.15, -0.1) is 0 Å². The third-order valence-corrected chi connectivity index (χ3v) is 4.82. The highest BCUT2D eigenvalue weighted by Crippen LogP contribution is 2.40. The van der Waals surface area contributed by atoms with E-state index in [1.54, 1.807) is 12.1 Å². The number of halogens is 1. The Kier molecular flexibility index (Phi) is 4.22. The Morgan fingerprint density at radius 3 is 2.50 bits per heavy atom. The summed E-state index contributed by atoms with van der Waals surface area (Å²) in [5.74, 6) is -0.192. The molecule has 0 amide bonds. The summed E-state index contributed by atoms with van der Waals surface area (Å²) in [6, 6.07) is 6.02. The third-order valence-electron chi connectivity index (χ3n) is 4.82. The average molecular weight is 329 g/mol. The van der Waals surface area contributed by atoms with Gasteiger partial charge in [0.1, 0.15) is 11.5 Å². The summed E-state index contributed by atoms with van der Waals surface area (Å²) in [4.78, 5) is 22.8. The number of aromatic nitrogens is 2. The first-order valence-corrected chi connectivity index (χ1v) is 7.90. The van der Waals surface area contributed by atoms with Crippen LogP contribution in [-0.4, -0.2) is 35.6 Å². The molecule has 1 aliphatic carbocycles. The zero-order valence-electron chi connectivity index (χ0n) is 14.0. The van der Waals surface area contributed by atoms with Crippen molar-refractivity contribution in [2.24, 2.45) is 0 Å². The van der Waals surface area contributed by atoms with Gasteiger partial charge in [-0.2, -0.15) is 0 Å². The summed E-state index contributed by atoms with van der Waals surface area (Å²) in [7, 11) is 3.28. The van der Waals surface area contributed by atoms with Gasteiger partial charge in [-0.05, 0) is 50.5 Å². The Hall–Kier alpha value is -2.50. The fourth-order valence-electron chi connectivity index (χ4n) is 2.91. The van der Waals surface area contributed by atoms with Gasteiger partial charge in [0.05, 0.1) is 13.3 Å². The SMILES string of the molecule is COC(=O)c1cnc(N(C)C2(C)CCC2)c(-c2ccc(F)cc2)n1. The van der Waals surface area contributed by atoms with Crippen LogP contribution in [0.3, 0.4) is 0 Å².